The number of hydrogen-bond acceptors (Lipinski definition) is 3. The van der Waals surface area contributed by atoms with Gasteiger partial charge in [0.25, 0.3) is 0 Å². The molecule has 0 radical (unpaired) electrons. The van der Waals surface area contributed by atoms with E-state index < -0.39 is 0 Å². The van der Waals surface area contributed by atoms with Gasteiger partial charge in [0, 0.05) is 31.9 Å². The maximum absolute atomic E-state index is 9.39. The summed E-state index contributed by atoms with van der Waals surface area (Å²) in [6.45, 7) is 4.77. The molecule has 0 saturated heterocycles. The van der Waals surface area contributed by atoms with Crippen LogP contribution in [-0.4, -0.2) is 25.0 Å². The summed E-state index contributed by atoms with van der Waals surface area (Å²) in [7, 11) is 2.05. The average Bonchev–Trinajstić information content (AvgIpc) is 3.47. The van der Waals surface area contributed by atoms with Crippen molar-refractivity contribution >= 4 is 11.4 Å². The summed E-state index contributed by atoms with van der Waals surface area (Å²) < 4.78 is 0. The Bertz CT molecular complexity index is 816. The number of rotatable bonds is 4. The van der Waals surface area contributed by atoms with Crippen molar-refractivity contribution in [3.63, 3.8) is 0 Å². The Labute approximate surface area is 150 Å². The van der Waals surface area contributed by atoms with Gasteiger partial charge in [-0.3, -0.25) is 4.90 Å². The second-order valence-corrected chi connectivity index (χ2v) is 7.44. The van der Waals surface area contributed by atoms with Crippen LogP contribution in [0.1, 0.15) is 42.5 Å². The number of fused-ring (bicyclic) bond motifs is 1. The molecule has 1 saturated carbocycles. The molecule has 2 aromatic rings. The first kappa shape index (κ1) is 16.2. The standard InChI is InChI=1S/C22H25N3/c1-16-21-13-20(24(2)22-6-4-3-5-19(22)14-23)10-9-18(21)11-12-25(16)15-17-7-8-17/h3-6,9-10,13,16-17H,7-8,11-12,15H2,1-2H3. The Hall–Kier alpha value is -2.31. The van der Waals surface area contributed by atoms with Gasteiger partial charge in [0.15, 0.2) is 0 Å². The van der Waals surface area contributed by atoms with Gasteiger partial charge in [-0.2, -0.15) is 5.26 Å². The molecule has 1 heterocycles. The van der Waals surface area contributed by atoms with E-state index in [1.165, 1.54) is 37.1 Å². The van der Waals surface area contributed by atoms with Crippen LogP contribution < -0.4 is 4.90 Å². The molecule has 0 bridgehead atoms. The third kappa shape index (κ3) is 3.15. The fraction of sp³-hybridized carbons (Fsp3) is 0.409. The Balaban J connectivity index is 1.64. The summed E-state index contributed by atoms with van der Waals surface area (Å²) in [5, 5.41) is 9.39. The smallest absolute Gasteiger partial charge is 0.101 e. The van der Waals surface area contributed by atoms with Crippen LogP contribution in [0.25, 0.3) is 0 Å². The molecule has 0 N–H and O–H groups in total. The zero-order valence-electron chi connectivity index (χ0n) is 15.1. The molecule has 3 nitrogen and oxygen atoms in total. The van der Waals surface area contributed by atoms with Gasteiger partial charge in [-0.25, -0.2) is 0 Å². The lowest BCUT2D eigenvalue weighted by Gasteiger charge is -2.36. The molecule has 1 aliphatic heterocycles. The molecule has 1 unspecified atom stereocenters. The van der Waals surface area contributed by atoms with E-state index in [0.717, 1.165) is 23.7 Å². The third-order valence-electron chi connectivity index (χ3n) is 5.76. The SMILES string of the molecule is CC1c2cc(N(C)c3ccccc3C#N)ccc2CCN1CC1CC1. The van der Waals surface area contributed by atoms with Crippen molar-refractivity contribution in [1.82, 2.24) is 4.90 Å². The number of benzene rings is 2. The first-order chi connectivity index (χ1) is 12.2. The average molecular weight is 331 g/mol. The molecule has 1 atom stereocenters. The van der Waals surface area contributed by atoms with Crippen molar-refractivity contribution in [2.75, 3.05) is 25.0 Å². The predicted octanol–water partition coefficient (Wildman–Crippen LogP) is 4.66. The maximum atomic E-state index is 9.39. The van der Waals surface area contributed by atoms with E-state index in [-0.39, 0.29) is 0 Å². The van der Waals surface area contributed by atoms with E-state index in [2.05, 4.69) is 41.0 Å². The summed E-state index contributed by atoms with van der Waals surface area (Å²) in [6.07, 6.45) is 3.96. The van der Waals surface area contributed by atoms with E-state index in [1.54, 1.807) is 0 Å². The highest BCUT2D eigenvalue weighted by Gasteiger charge is 2.30. The first-order valence-corrected chi connectivity index (χ1v) is 9.27. The summed E-state index contributed by atoms with van der Waals surface area (Å²) in [6, 6.07) is 17.4. The quantitative estimate of drug-likeness (QED) is 0.816. The monoisotopic (exact) mass is 331 g/mol. The summed E-state index contributed by atoms with van der Waals surface area (Å²) >= 11 is 0. The predicted molar refractivity (Wildman–Crippen MR) is 102 cm³/mol. The molecule has 2 aromatic carbocycles. The molecule has 25 heavy (non-hydrogen) atoms. The molecule has 128 valence electrons. The Kier molecular flexibility index (Phi) is 4.23. The van der Waals surface area contributed by atoms with Crippen LogP contribution in [0.4, 0.5) is 11.4 Å². The molecule has 1 fully saturated rings. The van der Waals surface area contributed by atoms with Crippen LogP contribution in [0, 0.1) is 17.2 Å². The number of nitriles is 1. The highest BCUT2D eigenvalue weighted by atomic mass is 15.2. The van der Waals surface area contributed by atoms with Crippen molar-refractivity contribution in [3.05, 3.63) is 59.2 Å². The minimum absolute atomic E-state index is 0.476. The second-order valence-electron chi connectivity index (χ2n) is 7.44. The molecule has 4 rings (SSSR count). The minimum atomic E-state index is 0.476. The van der Waals surface area contributed by atoms with E-state index in [4.69, 9.17) is 0 Å². The van der Waals surface area contributed by atoms with Crippen LogP contribution >= 0.6 is 0 Å². The van der Waals surface area contributed by atoms with E-state index in [1.807, 2.05) is 31.3 Å². The van der Waals surface area contributed by atoms with Crippen LogP contribution in [0.5, 0.6) is 0 Å². The van der Waals surface area contributed by atoms with Crippen LogP contribution in [0.3, 0.4) is 0 Å². The zero-order valence-corrected chi connectivity index (χ0v) is 15.1. The Morgan fingerprint density at radius 1 is 1.20 bits per heavy atom. The molecule has 0 amide bonds. The highest BCUT2D eigenvalue weighted by molar-refractivity contribution is 5.69. The van der Waals surface area contributed by atoms with Gasteiger partial charge in [-0.15, -0.1) is 0 Å². The third-order valence-corrected chi connectivity index (χ3v) is 5.76. The van der Waals surface area contributed by atoms with Crippen molar-refractivity contribution in [2.24, 2.45) is 5.92 Å². The van der Waals surface area contributed by atoms with E-state index in [0.29, 0.717) is 11.6 Å². The second kappa shape index (κ2) is 6.54. The molecule has 0 spiro atoms. The lowest BCUT2D eigenvalue weighted by Crippen LogP contribution is -2.35. The normalized spacial score (nSPS) is 20.0. The van der Waals surface area contributed by atoms with E-state index in [9.17, 15) is 5.26 Å². The van der Waals surface area contributed by atoms with Gasteiger partial charge in [-0.1, -0.05) is 18.2 Å². The van der Waals surface area contributed by atoms with Crippen molar-refractivity contribution in [3.8, 4) is 6.07 Å². The summed E-state index contributed by atoms with van der Waals surface area (Å²) in [5.74, 6) is 0.928. The Morgan fingerprint density at radius 3 is 2.76 bits per heavy atom. The number of nitrogens with zero attached hydrogens (tertiary/aromatic N) is 3. The van der Waals surface area contributed by atoms with Gasteiger partial charge in [0.1, 0.15) is 6.07 Å². The van der Waals surface area contributed by atoms with E-state index >= 15 is 0 Å². The lowest BCUT2D eigenvalue weighted by molar-refractivity contribution is 0.190. The van der Waals surface area contributed by atoms with Gasteiger partial charge in [0.2, 0.25) is 0 Å². The largest absolute Gasteiger partial charge is 0.344 e. The fourth-order valence-corrected chi connectivity index (χ4v) is 3.94. The van der Waals surface area contributed by atoms with Crippen LogP contribution in [0.2, 0.25) is 0 Å². The summed E-state index contributed by atoms with van der Waals surface area (Å²) in [5.41, 5.74) is 5.76. The van der Waals surface area contributed by atoms with Crippen molar-refractivity contribution in [1.29, 1.82) is 5.26 Å². The number of anilines is 2. The van der Waals surface area contributed by atoms with Gasteiger partial charge in [-0.05, 0) is 67.5 Å². The number of para-hydroxylation sites is 1. The lowest BCUT2D eigenvalue weighted by atomic mass is 9.92. The molecule has 3 heteroatoms. The van der Waals surface area contributed by atoms with Crippen LogP contribution in [0.15, 0.2) is 42.5 Å². The number of hydrogen-bond donors (Lipinski definition) is 0. The molecule has 1 aliphatic carbocycles. The molecular weight excluding hydrogens is 306 g/mol. The molecular formula is C22H25N3. The minimum Gasteiger partial charge on any atom is -0.344 e. The van der Waals surface area contributed by atoms with Gasteiger partial charge < -0.3 is 4.90 Å². The van der Waals surface area contributed by atoms with Crippen molar-refractivity contribution < 1.29 is 0 Å². The zero-order chi connectivity index (χ0) is 17.4. The van der Waals surface area contributed by atoms with Crippen LogP contribution in [-0.2, 0) is 6.42 Å². The van der Waals surface area contributed by atoms with Gasteiger partial charge >= 0.3 is 0 Å². The molecule has 0 aromatic heterocycles. The fourth-order valence-electron chi connectivity index (χ4n) is 3.94. The Morgan fingerprint density at radius 2 is 2.00 bits per heavy atom. The summed E-state index contributed by atoms with van der Waals surface area (Å²) in [4.78, 5) is 4.78. The van der Waals surface area contributed by atoms with Crippen molar-refractivity contribution in [2.45, 2.75) is 32.2 Å². The molecule has 2 aliphatic rings. The maximum Gasteiger partial charge on any atom is 0.101 e. The topological polar surface area (TPSA) is 30.3 Å². The first-order valence-electron chi connectivity index (χ1n) is 9.27. The highest BCUT2D eigenvalue weighted by Crippen LogP contribution is 2.38. The van der Waals surface area contributed by atoms with Gasteiger partial charge in [0.05, 0.1) is 11.3 Å².